The van der Waals surface area contributed by atoms with Gasteiger partial charge >= 0.3 is 5.97 Å². The lowest BCUT2D eigenvalue weighted by molar-refractivity contribution is -0.205. The number of hydrogen-bond acceptors (Lipinski definition) is 4. The molecule has 0 bridgehead atoms. The zero-order chi connectivity index (χ0) is 9.14. The van der Waals surface area contributed by atoms with Crippen molar-refractivity contribution < 1.29 is 19.4 Å². The van der Waals surface area contributed by atoms with E-state index in [2.05, 4.69) is 0 Å². The molecular weight excluding hydrogens is 160 g/mol. The Morgan fingerprint density at radius 3 is 2.75 bits per heavy atom. The molecule has 1 aliphatic heterocycles. The zero-order valence-corrected chi connectivity index (χ0v) is 7.32. The van der Waals surface area contributed by atoms with Crippen molar-refractivity contribution in [2.75, 3.05) is 0 Å². The molecule has 0 aromatic heterocycles. The van der Waals surface area contributed by atoms with Crippen molar-refractivity contribution in [2.24, 2.45) is 0 Å². The second kappa shape index (κ2) is 3.87. The molecule has 1 aliphatic rings. The lowest BCUT2D eigenvalue weighted by Crippen LogP contribution is -2.39. The van der Waals surface area contributed by atoms with E-state index in [0.29, 0.717) is 12.8 Å². The van der Waals surface area contributed by atoms with Crippen molar-refractivity contribution >= 4 is 5.97 Å². The molecule has 1 heterocycles. The third-order valence-corrected chi connectivity index (χ3v) is 1.91. The number of rotatable bonds is 1. The molecule has 1 fully saturated rings. The van der Waals surface area contributed by atoms with E-state index in [1.807, 2.05) is 0 Å². The van der Waals surface area contributed by atoms with Crippen LogP contribution in [0, 0.1) is 0 Å². The molecule has 0 spiro atoms. The molecule has 0 saturated carbocycles. The Labute approximate surface area is 71.5 Å². The number of esters is 1. The highest BCUT2D eigenvalue weighted by Crippen LogP contribution is 2.20. The number of hydrogen-bond donors (Lipinski definition) is 1. The van der Waals surface area contributed by atoms with Crippen LogP contribution in [0.4, 0.5) is 0 Å². The van der Waals surface area contributed by atoms with Gasteiger partial charge in [-0.25, -0.2) is 0 Å². The quantitative estimate of drug-likeness (QED) is 0.586. The van der Waals surface area contributed by atoms with Crippen LogP contribution in [0.25, 0.3) is 0 Å². The van der Waals surface area contributed by atoms with E-state index >= 15 is 0 Å². The van der Waals surface area contributed by atoms with Gasteiger partial charge in [-0.2, -0.15) is 0 Å². The maximum absolute atomic E-state index is 10.6. The van der Waals surface area contributed by atoms with E-state index in [4.69, 9.17) is 14.6 Å². The maximum Gasteiger partial charge on any atom is 0.302 e. The van der Waals surface area contributed by atoms with Crippen LogP contribution in [-0.2, 0) is 14.3 Å². The number of aliphatic hydroxyl groups excluding tert-OH is 1. The van der Waals surface area contributed by atoms with Crippen LogP contribution >= 0.6 is 0 Å². The van der Waals surface area contributed by atoms with E-state index in [0.717, 1.165) is 0 Å². The fourth-order valence-corrected chi connectivity index (χ4v) is 1.31. The van der Waals surface area contributed by atoms with Gasteiger partial charge in [-0.15, -0.1) is 0 Å². The van der Waals surface area contributed by atoms with E-state index in [1.54, 1.807) is 6.92 Å². The number of aliphatic hydroxyl groups is 1. The van der Waals surface area contributed by atoms with Gasteiger partial charge < -0.3 is 14.6 Å². The van der Waals surface area contributed by atoms with Crippen molar-refractivity contribution in [3.05, 3.63) is 0 Å². The highest BCUT2D eigenvalue weighted by molar-refractivity contribution is 5.66. The summed E-state index contributed by atoms with van der Waals surface area (Å²) in [6.45, 7) is 3.16. The summed E-state index contributed by atoms with van der Waals surface area (Å²) in [6.07, 6.45) is 0.0832. The molecule has 1 rings (SSSR count). The lowest BCUT2D eigenvalue weighted by Gasteiger charge is -2.31. The zero-order valence-electron chi connectivity index (χ0n) is 7.32. The van der Waals surface area contributed by atoms with Crippen molar-refractivity contribution in [1.82, 2.24) is 0 Å². The predicted molar refractivity (Wildman–Crippen MR) is 41.3 cm³/mol. The third kappa shape index (κ3) is 2.46. The highest BCUT2D eigenvalue weighted by atomic mass is 16.6. The molecule has 12 heavy (non-hydrogen) atoms. The van der Waals surface area contributed by atoms with Crippen LogP contribution < -0.4 is 0 Å². The van der Waals surface area contributed by atoms with Crippen molar-refractivity contribution in [3.63, 3.8) is 0 Å². The summed E-state index contributed by atoms with van der Waals surface area (Å²) in [5.74, 6) is -0.299. The highest BCUT2D eigenvalue weighted by Gasteiger charge is 2.28. The standard InChI is InChI=1S/C8H14O4/c1-5-7(12-6(2)9)3-4-8(10)11-5/h5,7-8,10H,3-4H2,1-2H3/t5-,7+,8?/m1/s1. The summed E-state index contributed by atoms with van der Waals surface area (Å²) in [5.41, 5.74) is 0. The van der Waals surface area contributed by atoms with E-state index in [-0.39, 0.29) is 18.2 Å². The Hall–Kier alpha value is -0.610. The van der Waals surface area contributed by atoms with Crippen LogP contribution in [0.2, 0.25) is 0 Å². The van der Waals surface area contributed by atoms with Crippen LogP contribution in [0.3, 0.4) is 0 Å². The summed E-state index contributed by atoms with van der Waals surface area (Å²) in [6, 6.07) is 0. The Kier molecular flexibility index (Phi) is 3.05. The Balaban J connectivity index is 2.39. The summed E-state index contributed by atoms with van der Waals surface area (Å²) < 4.78 is 10.1. The SMILES string of the molecule is CC(=O)O[C@H]1CCC(O)O[C@@H]1C. The number of carbonyl (C=O) groups is 1. The van der Waals surface area contributed by atoms with Gasteiger partial charge in [0.25, 0.3) is 0 Å². The monoisotopic (exact) mass is 174 g/mol. The molecule has 4 nitrogen and oxygen atoms in total. The molecule has 1 saturated heterocycles. The van der Waals surface area contributed by atoms with Crippen LogP contribution in [-0.4, -0.2) is 29.6 Å². The number of carbonyl (C=O) groups excluding carboxylic acids is 1. The van der Waals surface area contributed by atoms with Crippen LogP contribution in [0.15, 0.2) is 0 Å². The molecule has 0 amide bonds. The molecule has 1 unspecified atom stereocenters. The Bertz CT molecular complexity index is 168. The molecule has 70 valence electrons. The van der Waals surface area contributed by atoms with Gasteiger partial charge in [0.2, 0.25) is 0 Å². The van der Waals surface area contributed by atoms with Crippen molar-refractivity contribution in [3.8, 4) is 0 Å². The first-order valence-corrected chi connectivity index (χ1v) is 4.10. The largest absolute Gasteiger partial charge is 0.460 e. The lowest BCUT2D eigenvalue weighted by atomic mass is 10.1. The van der Waals surface area contributed by atoms with Gasteiger partial charge in [0, 0.05) is 13.3 Å². The fourth-order valence-electron chi connectivity index (χ4n) is 1.31. The van der Waals surface area contributed by atoms with Gasteiger partial charge in [-0.1, -0.05) is 0 Å². The summed E-state index contributed by atoms with van der Waals surface area (Å²) in [7, 11) is 0. The molecule has 3 atom stereocenters. The predicted octanol–water partition coefficient (Wildman–Crippen LogP) is 0.435. The summed E-state index contributed by atoms with van der Waals surface area (Å²) >= 11 is 0. The average molecular weight is 174 g/mol. The van der Waals surface area contributed by atoms with Crippen LogP contribution in [0.1, 0.15) is 26.7 Å². The second-order valence-electron chi connectivity index (χ2n) is 3.02. The van der Waals surface area contributed by atoms with Crippen LogP contribution in [0.5, 0.6) is 0 Å². The van der Waals surface area contributed by atoms with Gasteiger partial charge in [0.15, 0.2) is 6.29 Å². The average Bonchev–Trinajstić information content (AvgIpc) is 1.94. The minimum absolute atomic E-state index is 0.203. The van der Waals surface area contributed by atoms with Crippen molar-refractivity contribution in [2.45, 2.75) is 45.2 Å². The minimum Gasteiger partial charge on any atom is -0.460 e. The molecule has 4 heteroatoms. The van der Waals surface area contributed by atoms with Crippen molar-refractivity contribution in [1.29, 1.82) is 0 Å². The van der Waals surface area contributed by atoms with E-state index in [9.17, 15) is 4.79 Å². The molecule has 0 radical (unpaired) electrons. The maximum atomic E-state index is 10.6. The first-order chi connectivity index (χ1) is 5.59. The first kappa shape index (κ1) is 9.48. The second-order valence-corrected chi connectivity index (χ2v) is 3.02. The molecule has 1 N–H and O–H groups in total. The fraction of sp³-hybridized carbons (Fsp3) is 0.875. The van der Waals surface area contributed by atoms with E-state index in [1.165, 1.54) is 6.92 Å². The third-order valence-electron chi connectivity index (χ3n) is 1.91. The van der Waals surface area contributed by atoms with Gasteiger partial charge in [-0.3, -0.25) is 4.79 Å². The Morgan fingerprint density at radius 1 is 1.58 bits per heavy atom. The summed E-state index contributed by atoms with van der Waals surface area (Å²) in [5, 5.41) is 9.07. The normalized spacial score (nSPS) is 36.1. The van der Waals surface area contributed by atoms with Gasteiger partial charge in [-0.05, 0) is 13.3 Å². The summed E-state index contributed by atoms with van der Waals surface area (Å²) in [4.78, 5) is 10.6. The molecular formula is C8H14O4. The minimum atomic E-state index is -0.702. The molecule has 0 aromatic carbocycles. The smallest absolute Gasteiger partial charge is 0.302 e. The van der Waals surface area contributed by atoms with Gasteiger partial charge in [0.1, 0.15) is 6.10 Å². The Morgan fingerprint density at radius 2 is 2.25 bits per heavy atom. The molecule has 0 aliphatic carbocycles. The number of ether oxygens (including phenoxy) is 2. The first-order valence-electron chi connectivity index (χ1n) is 4.10. The molecule has 0 aromatic rings. The van der Waals surface area contributed by atoms with Gasteiger partial charge in [0.05, 0.1) is 6.10 Å². The topological polar surface area (TPSA) is 55.8 Å². The van der Waals surface area contributed by atoms with E-state index < -0.39 is 6.29 Å².